The Morgan fingerprint density at radius 1 is 1.12 bits per heavy atom. The monoisotopic (exact) mass is 435 g/mol. The van der Waals surface area contributed by atoms with Gasteiger partial charge in [-0.15, -0.1) is 0 Å². The lowest BCUT2D eigenvalue weighted by Crippen LogP contribution is -2.49. The number of hydrogen-bond donors (Lipinski definition) is 1. The summed E-state index contributed by atoms with van der Waals surface area (Å²) in [6, 6.07) is 8.73. The van der Waals surface area contributed by atoms with Gasteiger partial charge in [0, 0.05) is 49.8 Å². The first-order chi connectivity index (χ1) is 15.2. The van der Waals surface area contributed by atoms with Gasteiger partial charge >= 0.3 is 5.97 Å². The third kappa shape index (κ3) is 4.61. The summed E-state index contributed by atoms with van der Waals surface area (Å²) in [6.07, 6.45) is 3.99. The lowest BCUT2D eigenvalue weighted by atomic mass is 9.89. The summed E-state index contributed by atoms with van der Waals surface area (Å²) in [6.45, 7) is 9.03. The molecule has 32 heavy (non-hydrogen) atoms. The van der Waals surface area contributed by atoms with Crippen molar-refractivity contribution in [3.05, 3.63) is 58.8 Å². The Hall–Kier alpha value is -3.35. The molecule has 0 radical (unpaired) electrons. The number of rotatable bonds is 3. The number of hydrogen-bond acceptors (Lipinski definition) is 6. The van der Waals surface area contributed by atoms with E-state index in [1.54, 1.807) is 41.3 Å². The van der Waals surface area contributed by atoms with Crippen LogP contribution < -0.4 is 4.90 Å². The molecule has 2 aromatic rings. The standard InChI is InChI=1S/C25H29N3O4/c1-25(2,3)20-16-18-10-15-32-24(31)22(18)23(26-20)28-13-11-27(12-14-28)21(30)9-6-17-4-7-19(29)8-5-17/h4-9,16,29H,10-15H2,1-3H3. The summed E-state index contributed by atoms with van der Waals surface area (Å²) in [4.78, 5) is 33.9. The molecule has 0 spiro atoms. The van der Waals surface area contributed by atoms with E-state index in [4.69, 9.17) is 9.72 Å². The van der Waals surface area contributed by atoms with E-state index in [-0.39, 0.29) is 23.0 Å². The first-order valence-corrected chi connectivity index (χ1v) is 10.9. The number of fused-ring (bicyclic) bond motifs is 1. The quantitative estimate of drug-likeness (QED) is 0.589. The van der Waals surface area contributed by atoms with Gasteiger partial charge in [-0.2, -0.15) is 0 Å². The maximum absolute atomic E-state index is 12.6. The summed E-state index contributed by atoms with van der Waals surface area (Å²) >= 11 is 0. The highest BCUT2D eigenvalue weighted by molar-refractivity contribution is 5.97. The number of benzene rings is 1. The van der Waals surface area contributed by atoms with Crippen LogP contribution in [0.1, 0.15) is 48.0 Å². The first kappa shape index (κ1) is 21.9. The Morgan fingerprint density at radius 2 is 1.81 bits per heavy atom. The molecule has 1 aromatic carbocycles. The molecule has 1 N–H and O–H groups in total. The second-order valence-electron chi connectivity index (χ2n) is 9.24. The topological polar surface area (TPSA) is 83.0 Å². The number of pyridine rings is 1. The van der Waals surface area contributed by atoms with Crippen LogP contribution in [0.3, 0.4) is 0 Å². The lowest BCUT2D eigenvalue weighted by Gasteiger charge is -2.37. The van der Waals surface area contributed by atoms with Gasteiger partial charge in [0.15, 0.2) is 0 Å². The van der Waals surface area contributed by atoms with Crippen LogP contribution in [0, 0.1) is 0 Å². The summed E-state index contributed by atoms with van der Waals surface area (Å²) in [5.41, 5.74) is 3.23. The number of aromatic hydroxyl groups is 1. The molecule has 0 saturated carbocycles. The van der Waals surface area contributed by atoms with Crippen LogP contribution in [0.5, 0.6) is 5.75 Å². The summed E-state index contributed by atoms with van der Waals surface area (Å²) in [5, 5.41) is 9.37. The highest BCUT2D eigenvalue weighted by Gasteiger charge is 2.31. The van der Waals surface area contributed by atoms with Crippen molar-refractivity contribution >= 4 is 23.8 Å². The molecule has 7 nitrogen and oxygen atoms in total. The average molecular weight is 436 g/mol. The Bertz CT molecular complexity index is 1050. The van der Waals surface area contributed by atoms with Gasteiger partial charge in [-0.05, 0) is 35.4 Å². The second-order valence-corrected chi connectivity index (χ2v) is 9.24. The van der Waals surface area contributed by atoms with Gasteiger partial charge in [-0.1, -0.05) is 32.9 Å². The normalized spacial score (nSPS) is 16.8. The van der Waals surface area contributed by atoms with Gasteiger partial charge in [0.2, 0.25) is 5.91 Å². The van der Waals surface area contributed by atoms with E-state index >= 15 is 0 Å². The fourth-order valence-electron chi connectivity index (χ4n) is 3.94. The number of aromatic nitrogens is 1. The van der Waals surface area contributed by atoms with Crippen LogP contribution in [0.4, 0.5) is 5.82 Å². The Balaban J connectivity index is 1.49. The zero-order chi connectivity index (χ0) is 22.9. The van der Waals surface area contributed by atoms with E-state index < -0.39 is 0 Å². The van der Waals surface area contributed by atoms with Crippen LogP contribution in [-0.2, 0) is 21.4 Å². The van der Waals surface area contributed by atoms with Gasteiger partial charge < -0.3 is 19.6 Å². The van der Waals surface area contributed by atoms with Crippen molar-refractivity contribution in [2.75, 3.05) is 37.7 Å². The van der Waals surface area contributed by atoms with Gasteiger partial charge in [-0.3, -0.25) is 4.79 Å². The molecule has 0 aliphatic carbocycles. The molecule has 0 atom stereocenters. The number of ether oxygens (including phenoxy) is 1. The molecule has 1 fully saturated rings. The van der Waals surface area contributed by atoms with Crippen LogP contribution in [0.2, 0.25) is 0 Å². The predicted octanol–water partition coefficient (Wildman–Crippen LogP) is 3.16. The number of nitrogens with zero attached hydrogens (tertiary/aromatic N) is 3. The smallest absolute Gasteiger partial charge is 0.342 e. The number of cyclic esters (lactones) is 1. The number of esters is 1. The minimum Gasteiger partial charge on any atom is -0.508 e. The molecular formula is C25H29N3O4. The van der Waals surface area contributed by atoms with Gasteiger partial charge in [0.25, 0.3) is 0 Å². The molecule has 7 heteroatoms. The predicted molar refractivity (Wildman–Crippen MR) is 123 cm³/mol. The highest BCUT2D eigenvalue weighted by Crippen LogP contribution is 2.32. The minimum atomic E-state index is -0.315. The Labute approximate surface area is 188 Å². The number of phenolic OH excluding ortho intramolecular Hbond substituents is 1. The van der Waals surface area contributed by atoms with Crippen molar-refractivity contribution in [2.45, 2.75) is 32.6 Å². The molecule has 1 saturated heterocycles. The maximum atomic E-state index is 12.6. The molecule has 1 aromatic heterocycles. The number of piperazine rings is 1. The fourth-order valence-corrected chi connectivity index (χ4v) is 3.94. The van der Waals surface area contributed by atoms with Crippen LogP contribution in [-0.4, -0.2) is 59.7 Å². The number of amides is 1. The molecule has 168 valence electrons. The minimum absolute atomic E-state index is 0.0597. The van der Waals surface area contributed by atoms with Gasteiger partial charge in [0.1, 0.15) is 17.1 Å². The van der Waals surface area contributed by atoms with E-state index in [0.717, 1.165) is 16.8 Å². The SMILES string of the molecule is CC(C)(C)c1cc2c(c(N3CCN(C(=O)C=Cc4ccc(O)cc4)CC3)n1)C(=O)OCC2. The first-order valence-electron chi connectivity index (χ1n) is 10.9. The van der Waals surface area contributed by atoms with Crippen LogP contribution in [0.25, 0.3) is 6.08 Å². The fraction of sp³-hybridized carbons (Fsp3) is 0.400. The molecule has 2 aliphatic rings. The number of carbonyl (C=O) groups excluding carboxylic acids is 2. The van der Waals surface area contributed by atoms with Crippen LogP contribution in [0.15, 0.2) is 36.4 Å². The largest absolute Gasteiger partial charge is 0.508 e. The van der Waals surface area contributed by atoms with Crippen molar-refractivity contribution in [1.29, 1.82) is 0 Å². The van der Waals surface area contributed by atoms with Crippen LogP contribution >= 0.6 is 0 Å². The van der Waals surface area contributed by atoms with Crippen molar-refractivity contribution in [2.24, 2.45) is 0 Å². The molecule has 4 rings (SSSR count). The molecule has 0 bridgehead atoms. The second kappa shape index (κ2) is 8.65. The zero-order valence-electron chi connectivity index (χ0n) is 18.8. The maximum Gasteiger partial charge on any atom is 0.342 e. The molecule has 3 heterocycles. The Morgan fingerprint density at radius 3 is 2.47 bits per heavy atom. The molecule has 0 unspecified atom stereocenters. The average Bonchev–Trinajstić information content (AvgIpc) is 2.77. The van der Waals surface area contributed by atoms with Crippen molar-refractivity contribution < 1.29 is 19.4 Å². The number of phenols is 1. The van der Waals surface area contributed by atoms with E-state index in [0.29, 0.717) is 50.6 Å². The van der Waals surface area contributed by atoms with E-state index in [1.807, 2.05) is 6.07 Å². The third-order valence-electron chi connectivity index (χ3n) is 5.86. The van der Waals surface area contributed by atoms with Crippen molar-refractivity contribution in [3.8, 4) is 5.75 Å². The van der Waals surface area contributed by atoms with E-state index in [2.05, 4.69) is 25.7 Å². The molecule has 1 amide bonds. The zero-order valence-corrected chi connectivity index (χ0v) is 18.8. The van der Waals surface area contributed by atoms with Gasteiger partial charge in [0.05, 0.1) is 6.61 Å². The summed E-state index contributed by atoms with van der Waals surface area (Å²) in [5.74, 6) is 0.490. The lowest BCUT2D eigenvalue weighted by molar-refractivity contribution is -0.126. The van der Waals surface area contributed by atoms with E-state index in [9.17, 15) is 14.7 Å². The van der Waals surface area contributed by atoms with Crippen molar-refractivity contribution in [1.82, 2.24) is 9.88 Å². The third-order valence-corrected chi connectivity index (χ3v) is 5.86. The summed E-state index contributed by atoms with van der Waals surface area (Å²) in [7, 11) is 0. The number of carbonyl (C=O) groups is 2. The van der Waals surface area contributed by atoms with Crippen molar-refractivity contribution in [3.63, 3.8) is 0 Å². The molecular weight excluding hydrogens is 406 g/mol. The highest BCUT2D eigenvalue weighted by atomic mass is 16.5. The Kier molecular flexibility index (Phi) is 5.91. The molecule has 2 aliphatic heterocycles. The summed E-state index contributed by atoms with van der Waals surface area (Å²) < 4.78 is 5.31. The van der Waals surface area contributed by atoms with Gasteiger partial charge in [-0.25, -0.2) is 9.78 Å². The van der Waals surface area contributed by atoms with E-state index in [1.165, 1.54) is 0 Å². The number of anilines is 1.